The zero-order chi connectivity index (χ0) is 18.8. The highest BCUT2D eigenvalue weighted by Gasteiger charge is 2.24. The van der Waals surface area contributed by atoms with Crippen LogP contribution in [0.5, 0.6) is 0 Å². The number of carbonyl (C=O) groups excluding carboxylic acids is 1. The largest absolute Gasteiger partial charge is 0.466 e. The average molecular weight is 361 g/mol. The summed E-state index contributed by atoms with van der Waals surface area (Å²) in [4.78, 5) is 12.0. The molecule has 0 aliphatic heterocycles. The van der Waals surface area contributed by atoms with Gasteiger partial charge in [0, 0.05) is 28.7 Å². The lowest BCUT2D eigenvalue weighted by atomic mass is 10.0. The van der Waals surface area contributed by atoms with E-state index in [4.69, 9.17) is 4.74 Å². The molecule has 3 heteroatoms. The molecule has 0 N–H and O–H groups in total. The molecule has 0 spiro atoms. The summed E-state index contributed by atoms with van der Waals surface area (Å²) >= 11 is 0. The molecule has 1 aromatic heterocycles. The molecule has 3 aromatic rings. The van der Waals surface area contributed by atoms with Gasteiger partial charge in [-0.2, -0.15) is 0 Å². The van der Waals surface area contributed by atoms with Gasteiger partial charge in [0.1, 0.15) is 0 Å². The highest BCUT2D eigenvalue weighted by atomic mass is 16.5. The Labute approximate surface area is 161 Å². The maximum atomic E-state index is 12.0. The topological polar surface area (TPSA) is 31.2 Å². The van der Waals surface area contributed by atoms with Crippen molar-refractivity contribution in [2.75, 3.05) is 6.61 Å². The Bertz CT molecular complexity index is 966. The van der Waals surface area contributed by atoms with Gasteiger partial charge < -0.3 is 9.30 Å². The number of rotatable bonds is 7. The van der Waals surface area contributed by atoms with Gasteiger partial charge in [-0.25, -0.2) is 0 Å². The summed E-state index contributed by atoms with van der Waals surface area (Å²) in [7, 11) is 0. The third-order valence-electron chi connectivity index (χ3n) is 5.49. The van der Waals surface area contributed by atoms with Gasteiger partial charge in [-0.3, -0.25) is 4.79 Å². The number of benzene rings is 2. The Hall–Kier alpha value is -2.55. The van der Waals surface area contributed by atoms with E-state index < -0.39 is 0 Å². The molecule has 0 saturated heterocycles. The quantitative estimate of drug-likeness (QED) is 0.505. The lowest BCUT2D eigenvalue weighted by Crippen LogP contribution is -2.10. The molecule has 2 aromatic carbocycles. The van der Waals surface area contributed by atoms with Crippen LogP contribution in [0.2, 0.25) is 0 Å². The summed E-state index contributed by atoms with van der Waals surface area (Å²) in [6.45, 7) is 5.11. The van der Waals surface area contributed by atoms with Gasteiger partial charge >= 0.3 is 5.97 Å². The monoisotopic (exact) mass is 361 g/mol. The minimum Gasteiger partial charge on any atom is -0.466 e. The average Bonchev–Trinajstić information content (AvgIpc) is 3.48. The fraction of sp³-hybridized carbons (Fsp3) is 0.375. The highest BCUT2D eigenvalue weighted by Crippen LogP contribution is 2.42. The minimum atomic E-state index is -0.135. The predicted octanol–water partition coefficient (Wildman–Crippen LogP) is 5.70. The zero-order valence-corrected chi connectivity index (χ0v) is 16.2. The van der Waals surface area contributed by atoms with Gasteiger partial charge in [-0.05, 0) is 61.4 Å². The normalized spacial score (nSPS) is 13.9. The first kappa shape index (κ1) is 17.8. The Balaban J connectivity index is 1.79. The van der Waals surface area contributed by atoms with E-state index in [-0.39, 0.29) is 5.97 Å². The molecule has 0 unspecified atom stereocenters. The van der Waals surface area contributed by atoms with Gasteiger partial charge in [0.25, 0.3) is 0 Å². The molecule has 1 aliphatic rings. The van der Waals surface area contributed by atoms with Crippen molar-refractivity contribution in [1.82, 2.24) is 4.57 Å². The van der Waals surface area contributed by atoms with E-state index in [9.17, 15) is 4.79 Å². The number of aryl methyl sites for hydroxylation is 2. The maximum absolute atomic E-state index is 12.0. The van der Waals surface area contributed by atoms with Crippen molar-refractivity contribution in [2.24, 2.45) is 0 Å². The van der Waals surface area contributed by atoms with E-state index in [1.165, 1.54) is 46.1 Å². The highest BCUT2D eigenvalue weighted by molar-refractivity contribution is 5.88. The molecule has 0 atom stereocenters. The summed E-state index contributed by atoms with van der Waals surface area (Å²) in [5, 5.41) is 1.27. The number of aromatic nitrogens is 1. The third kappa shape index (κ3) is 3.64. The third-order valence-corrected chi connectivity index (χ3v) is 5.49. The Morgan fingerprint density at radius 3 is 2.67 bits per heavy atom. The van der Waals surface area contributed by atoms with Gasteiger partial charge in [-0.1, -0.05) is 37.3 Å². The van der Waals surface area contributed by atoms with Gasteiger partial charge in [-0.15, -0.1) is 0 Å². The van der Waals surface area contributed by atoms with Crippen LogP contribution >= 0.6 is 0 Å². The van der Waals surface area contributed by atoms with E-state index in [1.54, 1.807) is 0 Å². The van der Waals surface area contributed by atoms with Gasteiger partial charge in [0.15, 0.2) is 0 Å². The van der Waals surface area contributed by atoms with Crippen LogP contribution < -0.4 is 0 Å². The lowest BCUT2D eigenvalue weighted by molar-refractivity contribution is -0.143. The molecule has 1 heterocycles. The van der Waals surface area contributed by atoms with Crippen molar-refractivity contribution in [1.29, 1.82) is 0 Å². The lowest BCUT2D eigenvalue weighted by Gasteiger charge is -2.13. The zero-order valence-electron chi connectivity index (χ0n) is 16.2. The molecule has 3 nitrogen and oxygen atoms in total. The molecular weight excluding hydrogens is 334 g/mol. The first-order chi connectivity index (χ1) is 13.2. The van der Waals surface area contributed by atoms with Crippen molar-refractivity contribution in [3.8, 4) is 11.3 Å². The van der Waals surface area contributed by atoms with E-state index in [0.717, 1.165) is 12.3 Å². The summed E-state index contributed by atoms with van der Waals surface area (Å²) in [5.74, 6) is 0.604. The summed E-state index contributed by atoms with van der Waals surface area (Å²) in [6.07, 6.45) is 3.99. The first-order valence-corrected chi connectivity index (χ1v) is 10.1. The Morgan fingerprint density at radius 2 is 1.93 bits per heavy atom. The smallest absolute Gasteiger partial charge is 0.307 e. The fourth-order valence-corrected chi connectivity index (χ4v) is 3.94. The number of hydrogen-bond acceptors (Lipinski definition) is 2. The number of nitrogens with zero attached hydrogens (tertiary/aromatic N) is 1. The molecule has 4 rings (SSSR count). The van der Waals surface area contributed by atoms with Crippen LogP contribution in [0.15, 0.2) is 48.5 Å². The van der Waals surface area contributed by atoms with E-state index >= 15 is 0 Å². The second-order valence-electron chi connectivity index (χ2n) is 7.34. The van der Waals surface area contributed by atoms with Crippen LogP contribution in [-0.2, 0) is 22.5 Å². The van der Waals surface area contributed by atoms with Crippen LogP contribution in [0, 0.1) is 0 Å². The molecule has 140 valence electrons. The Kier molecular flexibility index (Phi) is 5.02. The molecule has 0 amide bonds. The van der Waals surface area contributed by atoms with Gasteiger partial charge in [0.2, 0.25) is 0 Å². The van der Waals surface area contributed by atoms with Crippen molar-refractivity contribution in [2.45, 2.75) is 52.0 Å². The fourth-order valence-electron chi connectivity index (χ4n) is 3.94. The van der Waals surface area contributed by atoms with Crippen LogP contribution in [0.1, 0.15) is 50.2 Å². The molecule has 0 bridgehead atoms. The summed E-state index contributed by atoms with van der Waals surface area (Å²) in [6, 6.07) is 17.7. The van der Waals surface area contributed by atoms with Crippen molar-refractivity contribution in [3.05, 3.63) is 59.7 Å². The first-order valence-electron chi connectivity index (χ1n) is 10.1. The molecular formula is C24H27NO2. The number of fused-ring (bicyclic) bond motifs is 1. The number of hydrogen-bond donors (Lipinski definition) is 0. The number of carbonyl (C=O) groups is 1. The number of ether oxygens (including phenoxy) is 1. The number of esters is 1. The van der Waals surface area contributed by atoms with Crippen LogP contribution in [0.3, 0.4) is 0 Å². The second-order valence-corrected chi connectivity index (χ2v) is 7.34. The van der Waals surface area contributed by atoms with E-state index in [1.807, 2.05) is 6.92 Å². The summed E-state index contributed by atoms with van der Waals surface area (Å²) in [5.41, 5.74) is 6.43. The van der Waals surface area contributed by atoms with E-state index in [2.05, 4.69) is 60.0 Å². The predicted molar refractivity (Wildman–Crippen MR) is 110 cm³/mol. The maximum Gasteiger partial charge on any atom is 0.307 e. The molecule has 1 saturated carbocycles. The van der Waals surface area contributed by atoms with Crippen molar-refractivity contribution >= 4 is 16.9 Å². The second kappa shape index (κ2) is 7.59. The molecule has 27 heavy (non-hydrogen) atoms. The SMILES string of the molecule is CCOC(=O)CCn1c(-c2ccccc2CC)cc2cc(C3CC3)ccc21. The summed E-state index contributed by atoms with van der Waals surface area (Å²) < 4.78 is 7.44. The molecule has 0 radical (unpaired) electrons. The van der Waals surface area contributed by atoms with Gasteiger partial charge in [0.05, 0.1) is 13.0 Å². The molecule has 1 aliphatic carbocycles. The van der Waals surface area contributed by atoms with Crippen LogP contribution in [0.25, 0.3) is 22.2 Å². The van der Waals surface area contributed by atoms with Crippen LogP contribution in [0.4, 0.5) is 0 Å². The van der Waals surface area contributed by atoms with E-state index in [0.29, 0.717) is 19.6 Å². The van der Waals surface area contributed by atoms with Crippen molar-refractivity contribution in [3.63, 3.8) is 0 Å². The van der Waals surface area contributed by atoms with Crippen molar-refractivity contribution < 1.29 is 9.53 Å². The minimum absolute atomic E-state index is 0.135. The Morgan fingerprint density at radius 1 is 1.11 bits per heavy atom. The molecule has 1 fully saturated rings. The van der Waals surface area contributed by atoms with Crippen LogP contribution in [-0.4, -0.2) is 17.1 Å². The standard InChI is InChI=1S/C24H27NO2/c1-3-17-7-5-6-8-21(17)23-16-20-15-19(18-9-10-18)11-12-22(20)25(23)14-13-24(26)27-4-2/h5-8,11-12,15-16,18H,3-4,9-10,13-14H2,1-2H3.